The lowest BCUT2D eigenvalue weighted by molar-refractivity contribution is 0.0996. The van der Waals surface area contributed by atoms with E-state index >= 15 is 0 Å². The number of halogens is 1. The second-order valence-corrected chi connectivity index (χ2v) is 9.57. The number of carbonyl (C=O) groups is 1. The highest BCUT2D eigenvalue weighted by Gasteiger charge is 2.31. The van der Waals surface area contributed by atoms with Crippen molar-refractivity contribution in [2.75, 3.05) is 10.2 Å². The summed E-state index contributed by atoms with van der Waals surface area (Å²) in [5.74, 6) is 1.16. The first kappa shape index (κ1) is 21.5. The number of aryl methyl sites for hydroxylation is 3. The smallest absolute Gasteiger partial charge is 0.260 e. The molecule has 1 aliphatic heterocycles. The number of fused-ring (bicyclic) bond motifs is 2. The Morgan fingerprint density at radius 1 is 1.14 bits per heavy atom. The molecular formula is C26H22BrN7O. The molecule has 0 bridgehead atoms. The highest BCUT2D eigenvalue weighted by Crippen LogP contribution is 2.39. The van der Waals surface area contributed by atoms with Crippen LogP contribution in [0.15, 0.2) is 59.3 Å². The fraction of sp³-hybridized carbons (Fsp3) is 0.154. The molecule has 174 valence electrons. The molecule has 1 aliphatic rings. The van der Waals surface area contributed by atoms with Gasteiger partial charge in [0.15, 0.2) is 5.82 Å². The molecule has 0 atom stereocenters. The minimum atomic E-state index is -0.00789. The molecule has 0 saturated carbocycles. The van der Waals surface area contributed by atoms with E-state index in [0.717, 1.165) is 54.7 Å². The van der Waals surface area contributed by atoms with Crippen LogP contribution in [0.3, 0.4) is 0 Å². The Kier molecular flexibility index (Phi) is 4.96. The summed E-state index contributed by atoms with van der Waals surface area (Å²) in [6.45, 7) is 4.52. The molecule has 4 heterocycles. The number of benzene rings is 2. The molecule has 6 rings (SSSR count). The highest BCUT2D eigenvalue weighted by molar-refractivity contribution is 9.10. The Morgan fingerprint density at radius 2 is 1.97 bits per heavy atom. The zero-order chi connectivity index (χ0) is 24.3. The average Bonchev–Trinajstić information content (AvgIpc) is 3.51. The molecule has 3 aromatic heterocycles. The average molecular weight is 528 g/mol. The summed E-state index contributed by atoms with van der Waals surface area (Å²) in [5.41, 5.74) is 7.24. The summed E-state index contributed by atoms with van der Waals surface area (Å²) < 4.78 is 2.62. The van der Waals surface area contributed by atoms with Crippen LogP contribution in [0.1, 0.15) is 27.2 Å². The first-order chi connectivity index (χ1) is 16.9. The zero-order valence-electron chi connectivity index (χ0n) is 19.4. The molecule has 0 spiro atoms. The predicted molar refractivity (Wildman–Crippen MR) is 140 cm³/mol. The first-order valence-corrected chi connectivity index (χ1v) is 12.0. The minimum Gasteiger partial charge on any atom is -0.359 e. The number of hydrogen-bond donors (Lipinski definition) is 2. The number of anilines is 3. The molecule has 35 heavy (non-hydrogen) atoms. The van der Waals surface area contributed by atoms with Gasteiger partial charge in [0.05, 0.1) is 29.0 Å². The molecule has 1 amide bonds. The number of carbonyl (C=O) groups excluding carboxylic acids is 1. The van der Waals surface area contributed by atoms with E-state index in [9.17, 15) is 4.79 Å². The maximum atomic E-state index is 13.3. The topological polar surface area (TPSA) is 91.7 Å². The van der Waals surface area contributed by atoms with Crippen LogP contribution in [0.2, 0.25) is 0 Å². The van der Waals surface area contributed by atoms with E-state index in [4.69, 9.17) is 4.98 Å². The van der Waals surface area contributed by atoms with Gasteiger partial charge in [-0.1, -0.05) is 24.3 Å². The van der Waals surface area contributed by atoms with Crippen molar-refractivity contribution >= 4 is 50.2 Å². The fourth-order valence-corrected chi connectivity index (χ4v) is 5.16. The number of nitrogens with one attached hydrogen (secondary N) is 2. The molecule has 5 aromatic rings. The van der Waals surface area contributed by atoms with Gasteiger partial charge in [-0.15, -0.1) is 0 Å². The summed E-state index contributed by atoms with van der Waals surface area (Å²) in [5, 5.41) is 8.63. The van der Waals surface area contributed by atoms with E-state index in [1.165, 1.54) is 0 Å². The number of amides is 1. The zero-order valence-corrected chi connectivity index (χ0v) is 21.0. The Bertz CT molecular complexity index is 1620. The van der Waals surface area contributed by atoms with E-state index in [1.54, 1.807) is 10.9 Å². The van der Waals surface area contributed by atoms with E-state index in [-0.39, 0.29) is 5.91 Å². The number of para-hydroxylation sites is 1. The lowest BCUT2D eigenvalue weighted by Gasteiger charge is -2.17. The molecule has 0 aliphatic carbocycles. The van der Waals surface area contributed by atoms with Crippen LogP contribution in [0.25, 0.3) is 22.2 Å². The van der Waals surface area contributed by atoms with Gasteiger partial charge in [0.2, 0.25) is 5.95 Å². The Morgan fingerprint density at radius 3 is 2.74 bits per heavy atom. The van der Waals surface area contributed by atoms with Gasteiger partial charge in [-0.2, -0.15) is 5.10 Å². The van der Waals surface area contributed by atoms with Crippen LogP contribution in [0.5, 0.6) is 0 Å². The molecule has 9 heteroatoms. The fourth-order valence-electron chi connectivity index (χ4n) is 4.58. The summed E-state index contributed by atoms with van der Waals surface area (Å²) >= 11 is 3.53. The standard InChI is InChI=1S/C26H22BrN7O/c1-14-11-29-26(30-21-10-15(2)33(3)32-21)31-23(14)18-12-28-24-17(18)7-5-9-20(24)34-13-16-6-4-8-19(27)22(16)25(34)35/h4-12,28H,13H2,1-3H3,(H,29,30,31,32). The van der Waals surface area contributed by atoms with E-state index in [1.807, 2.05) is 74.5 Å². The molecule has 0 fully saturated rings. The van der Waals surface area contributed by atoms with Gasteiger partial charge in [-0.25, -0.2) is 9.97 Å². The number of rotatable bonds is 4. The van der Waals surface area contributed by atoms with Crippen molar-refractivity contribution in [3.05, 3.63) is 81.7 Å². The van der Waals surface area contributed by atoms with E-state index < -0.39 is 0 Å². The Balaban J connectivity index is 1.40. The van der Waals surface area contributed by atoms with Crippen LogP contribution < -0.4 is 10.2 Å². The molecule has 8 nitrogen and oxygen atoms in total. The van der Waals surface area contributed by atoms with Crippen molar-refractivity contribution < 1.29 is 4.79 Å². The van der Waals surface area contributed by atoms with Crippen molar-refractivity contribution in [2.45, 2.75) is 20.4 Å². The molecule has 2 aromatic carbocycles. The van der Waals surface area contributed by atoms with Crippen LogP contribution in [0, 0.1) is 13.8 Å². The van der Waals surface area contributed by atoms with E-state index in [2.05, 4.69) is 36.3 Å². The van der Waals surface area contributed by atoms with Gasteiger partial charge in [-0.3, -0.25) is 9.48 Å². The van der Waals surface area contributed by atoms with Crippen LogP contribution in [-0.2, 0) is 13.6 Å². The van der Waals surface area contributed by atoms with Crippen LogP contribution >= 0.6 is 15.9 Å². The number of H-pyrrole nitrogens is 1. The third-order valence-corrected chi connectivity index (χ3v) is 7.11. The summed E-state index contributed by atoms with van der Waals surface area (Å²) in [6.07, 6.45) is 3.75. The van der Waals surface area contributed by atoms with Crippen molar-refractivity contribution in [1.29, 1.82) is 0 Å². The van der Waals surface area contributed by atoms with Gasteiger partial charge in [0.1, 0.15) is 0 Å². The molecule has 0 radical (unpaired) electrons. The highest BCUT2D eigenvalue weighted by atomic mass is 79.9. The lowest BCUT2D eigenvalue weighted by atomic mass is 10.1. The number of nitrogens with zero attached hydrogens (tertiary/aromatic N) is 5. The first-order valence-electron chi connectivity index (χ1n) is 11.2. The Labute approximate surface area is 210 Å². The third-order valence-electron chi connectivity index (χ3n) is 6.45. The maximum Gasteiger partial charge on any atom is 0.260 e. The molecule has 0 unspecified atom stereocenters. The number of aromatic amines is 1. The van der Waals surface area contributed by atoms with Crippen LogP contribution in [-0.4, -0.2) is 30.6 Å². The van der Waals surface area contributed by atoms with Crippen molar-refractivity contribution in [1.82, 2.24) is 24.7 Å². The summed E-state index contributed by atoms with van der Waals surface area (Å²) in [6, 6.07) is 13.8. The van der Waals surface area contributed by atoms with E-state index in [0.29, 0.717) is 18.3 Å². The minimum absolute atomic E-state index is 0.00789. The van der Waals surface area contributed by atoms with Gasteiger partial charge in [0.25, 0.3) is 5.91 Å². The van der Waals surface area contributed by atoms with Gasteiger partial charge < -0.3 is 15.2 Å². The quantitative estimate of drug-likeness (QED) is 0.315. The van der Waals surface area contributed by atoms with Crippen LogP contribution in [0.4, 0.5) is 17.5 Å². The van der Waals surface area contributed by atoms with Crippen molar-refractivity contribution in [2.24, 2.45) is 7.05 Å². The number of aromatic nitrogens is 5. The van der Waals surface area contributed by atoms with Gasteiger partial charge in [0, 0.05) is 46.6 Å². The second-order valence-electron chi connectivity index (χ2n) is 8.71. The molecule has 2 N–H and O–H groups in total. The lowest BCUT2D eigenvalue weighted by Crippen LogP contribution is -2.23. The Hall–Kier alpha value is -3.98. The predicted octanol–water partition coefficient (Wildman–Crippen LogP) is 5.64. The number of hydrogen-bond acceptors (Lipinski definition) is 5. The summed E-state index contributed by atoms with van der Waals surface area (Å²) in [7, 11) is 1.90. The maximum absolute atomic E-state index is 13.3. The monoisotopic (exact) mass is 527 g/mol. The summed E-state index contributed by atoms with van der Waals surface area (Å²) in [4.78, 5) is 27.8. The molecule has 0 saturated heterocycles. The van der Waals surface area contributed by atoms with Crippen molar-refractivity contribution in [3.8, 4) is 11.3 Å². The van der Waals surface area contributed by atoms with Gasteiger partial charge >= 0.3 is 0 Å². The third kappa shape index (κ3) is 3.50. The molecular weight excluding hydrogens is 506 g/mol. The second kappa shape index (κ2) is 8.06. The SMILES string of the molecule is Cc1cnc(Nc2cc(C)n(C)n2)nc1-c1c[nH]c2c(N3Cc4cccc(Br)c4C3=O)cccc12. The van der Waals surface area contributed by atoms with Crippen molar-refractivity contribution in [3.63, 3.8) is 0 Å². The normalized spacial score (nSPS) is 13.0. The largest absolute Gasteiger partial charge is 0.359 e. The van der Waals surface area contributed by atoms with Gasteiger partial charge in [-0.05, 0) is 53.0 Å².